The summed E-state index contributed by atoms with van der Waals surface area (Å²) in [4.78, 5) is 30.7. The van der Waals surface area contributed by atoms with Crippen molar-refractivity contribution in [2.24, 2.45) is 0 Å². The topological polar surface area (TPSA) is 73.3 Å². The first-order valence-electron chi connectivity index (χ1n) is 9.60. The molecule has 1 spiro atoms. The molecule has 3 fully saturated rings. The van der Waals surface area contributed by atoms with Crippen LogP contribution in [0.3, 0.4) is 0 Å². The molecule has 2 atom stereocenters. The van der Waals surface area contributed by atoms with Gasteiger partial charge >= 0.3 is 0 Å². The van der Waals surface area contributed by atoms with Crippen molar-refractivity contribution in [1.29, 1.82) is 0 Å². The molecule has 0 unspecified atom stereocenters. The summed E-state index contributed by atoms with van der Waals surface area (Å²) >= 11 is 0. The minimum atomic E-state index is -0.388. The maximum absolute atomic E-state index is 12.7. The molecule has 146 valence electrons. The molecule has 0 aliphatic carbocycles. The average Bonchev–Trinajstić information content (AvgIpc) is 2.61. The Morgan fingerprint density at radius 2 is 1.85 bits per heavy atom. The summed E-state index contributed by atoms with van der Waals surface area (Å²) in [6, 6.07) is 9.79. The van der Waals surface area contributed by atoms with Crippen LogP contribution in [0.5, 0.6) is 0 Å². The molecule has 2 amide bonds. The largest absolute Gasteiger partial charge is 0.394 e. The van der Waals surface area contributed by atoms with Gasteiger partial charge in [-0.3, -0.25) is 14.5 Å². The van der Waals surface area contributed by atoms with Gasteiger partial charge in [0.2, 0.25) is 11.8 Å². The van der Waals surface area contributed by atoms with E-state index in [-0.39, 0.29) is 35.9 Å². The molecule has 3 aliphatic heterocycles. The molecule has 7 heteroatoms. The van der Waals surface area contributed by atoms with E-state index in [1.807, 2.05) is 35.2 Å². The van der Waals surface area contributed by atoms with Gasteiger partial charge in [0.25, 0.3) is 0 Å². The van der Waals surface area contributed by atoms with Gasteiger partial charge in [0.05, 0.1) is 37.9 Å². The van der Waals surface area contributed by atoms with Gasteiger partial charge in [-0.15, -0.1) is 0 Å². The molecule has 7 nitrogen and oxygen atoms in total. The standard InChI is InChI=1S/C20H27N3O4/c1-15(25)23-17(12-24)19(16-5-3-2-4-6-16)20(23)13-22(14-20)18(26)11-21-7-9-27-10-8-21/h2-6,17,19,24H,7-14H2,1H3/t17-,19-/m1/s1. The monoisotopic (exact) mass is 373 g/mol. The van der Waals surface area contributed by atoms with Crippen molar-refractivity contribution < 1.29 is 19.4 Å². The molecule has 0 radical (unpaired) electrons. The van der Waals surface area contributed by atoms with Crippen molar-refractivity contribution in [1.82, 2.24) is 14.7 Å². The highest BCUT2D eigenvalue weighted by atomic mass is 16.5. The highest BCUT2D eigenvalue weighted by Gasteiger charge is 2.67. The van der Waals surface area contributed by atoms with E-state index in [0.717, 1.165) is 18.7 Å². The van der Waals surface area contributed by atoms with Gasteiger partial charge in [-0.25, -0.2) is 0 Å². The predicted molar refractivity (Wildman–Crippen MR) is 99.1 cm³/mol. The molecule has 3 aliphatic rings. The van der Waals surface area contributed by atoms with Crippen molar-refractivity contribution >= 4 is 11.8 Å². The second-order valence-electron chi connectivity index (χ2n) is 7.77. The number of morpholine rings is 1. The molecule has 27 heavy (non-hydrogen) atoms. The van der Waals surface area contributed by atoms with Crippen molar-refractivity contribution in [2.75, 3.05) is 52.5 Å². The first-order valence-corrected chi connectivity index (χ1v) is 9.60. The van der Waals surface area contributed by atoms with E-state index in [1.165, 1.54) is 0 Å². The fourth-order valence-corrected chi connectivity index (χ4v) is 5.02. The quantitative estimate of drug-likeness (QED) is 0.798. The Kier molecular flexibility index (Phi) is 4.92. The Hall–Kier alpha value is -1.96. The highest BCUT2D eigenvalue weighted by Crippen LogP contribution is 2.53. The Morgan fingerprint density at radius 1 is 1.19 bits per heavy atom. The Bertz CT molecular complexity index is 698. The Balaban J connectivity index is 1.48. The van der Waals surface area contributed by atoms with Gasteiger partial charge in [-0.05, 0) is 5.56 Å². The molecule has 1 aromatic rings. The molecular weight excluding hydrogens is 346 g/mol. The zero-order valence-electron chi connectivity index (χ0n) is 15.7. The SMILES string of the molecule is CC(=O)N1[C@H](CO)[C@@H](c2ccccc2)C12CN(C(=O)CN1CCOCC1)C2. The maximum atomic E-state index is 12.7. The number of hydrogen-bond donors (Lipinski definition) is 1. The highest BCUT2D eigenvalue weighted by molar-refractivity contribution is 5.82. The fourth-order valence-electron chi connectivity index (χ4n) is 5.02. The van der Waals surface area contributed by atoms with E-state index in [1.54, 1.807) is 11.8 Å². The number of benzene rings is 1. The van der Waals surface area contributed by atoms with Gasteiger partial charge in [-0.2, -0.15) is 0 Å². The second kappa shape index (κ2) is 7.22. The fraction of sp³-hybridized carbons (Fsp3) is 0.600. The van der Waals surface area contributed by atoms with Crippen LogP contribution >= 0.6 is 0 Å². The normalized spacial score (nSPS) is 27.2. The van der Waals surface area contributed by atoms with E-state index in [4.69, 9.17) is 4.74 Å². The van der Waals surface area contributed by atoms with Gasteiger partial charge in [0.1, 0.15) is 0 Å². The van der Waals surface area contributed by atoms with E-state index in [0.29, 0.717) is 32.8 Å². The van der Waals surface area contributed by atoms with E-state index < -0.39 is 0 Å². The summed E-state index contributed by atoms with van der Waals surface area (Å²) in [5, 5.41) is 9.89. The summed E-state index contributed by atoms with van der Waals surface area (Å²) < 4.78 is 5.33. The third-order valence-electron chi connectivity index (χ3n) is 6.20. The second-order valence-corrected chi connectivity index (χ2v) is 7.77. The first-order chi connectivity index (χ1) is 13.1. The van der Waals surface area contributed by atoms with E-state index in [2.05, 4.69) is 4.90 Å². The number of carbonyl (C=O) groups is 2. The zero-order chi connectivity index (χ0) is 19.0. The minimum absolute atomic E-state index is 0.0403. The summed E-state index contributed by atoms with van der Waals surface area (Å²) in [6.45, 7) is 5.85. The number of ether oxygens (including phenoxy) is 1. The van der Waals surface area contributed by atoms with Crippen LogP contribution in [0.1, 0.15) is 18.4 Å². The van der Waals surface area contributed by atoms with Gasteiger partial charge in [0.15, 0.2) is 0 Å². The zero-order valence-corrected chi connectivity index (χ0v) is 15.7. The lowest BCUT2D eigenvalue weighted by atomic mass is 9.60. The van der Waals surface area contributed by atoms with Gasteiger partial charge < -0.3 is 19.6 Å². The number of likely N-dealkylation sites (tertiary alicyclic amines) is 2. The summed E-state index contributed by atoms with van der Waals surface area (Å²) in [6.07, 6.45) is 0. The Morgan fingerprint density at radius 3 is 2.44 bits per heavy atom. The molecule has 1 aromatic carbocycles. The van der Waals surface area contributed by atoms with Crippen LogP contribution in [0.15, 0.2) is 30.3 Å². The van der Waals surface area contributed by atoms with E-state index >= 15 is 0 Å². The third kappa shape index (κ3) is 3.03. The smallest absolute Gasteiger partial charge is 0.236 e. The van der Waals surface area contributed by atoms with Crippen LogP contribution in [-0.4, -0.2) is 95.7 Å². The third-order valence-corrected chi connectivity index (χ3v) is 6.20. The number of carbonyl (C=O) groups excluding carboxylic acids is 2. The van der Waals surface area contributed by atoms with Crippen molar-refractivity contribution in [2.45, 2.75) is 24.4 Å². The lowest BCUT2D eigenvalue weighted by molar-refractivity contribution is -0.202. The molecule has 4 rings (SSSR count). The average molecular weight is 373 g/mol. The molecule has 0 bridgehead atoms. The summed E-state index contributed by atoms with van der Waals surface area (Å²) in [5.74, 6) is 0.117. The number of rotatable bonds is 4. The van der Waals surface area contributed by atoms with Crippen LogP contribution in [0.4, 0.5) is 0 Å². The van der Waals surface area contributed by atoms with E-state index in [9.17, 15) is 14.7 Å². The van der Waals surface area contributed by atoms with Crippen molar-refractivity contribution in [3.63, 3.8) is 0 Å². The first kappa shape index (κ1) is 18.4. The van der Waals surface area contributed by atoms with Crippen molar-refractivity contribution in [3.8, 4) is 0 Å². The number of amides is 2. The maximum Gasteiger partial charge on any atom is 0.236 e. The predicted octanol–water partition coefficient (Wildman–Crippen LogP) is -0.0936. The lowest BCUT2D eigenvalue weighted by Gasteiger charge is -2.70. The lowest BCUT2D eigenvalue weighted by Crippen LogP contribution is -2.86. The minimum Gasteiger partial charge on any atom is -0.394 e. The van der Waals surface area contributed by atoms with Gasteiger partial charge in [0, 0.05) is 39.0 Å². The summed E-state index contributed by atoms with van der Waals surface area (Å²) in [5.41, 5.74) is 0.732. The molecule has 0 aromatic heterocycles. The van der Waals surface area contributed by atoms with Crippen LogP contribution in [-0.2, 0) is 14.3 Å². The van der Waals surface area contributed by atoms with Crippen molar-refractivity contribution in [3.05, 3.63) is 35.9 Å². The van der Waals surface area contributed by atoms with Crippen LogP contribution in [0, 0.1) is 0 Å². The number of nitrogens with zero attached hydrogens (tertiary/aromatic N) is 3. The van der Waals surface area contributed by atoms with Crippen LogP contribution in [0.25, 0.3) is 0 Å². The molecule has 3 saturated heterocycles. The molecule has 0 saturated carbocycles. The number of aliphatic hydroxyl groups is 1. The molecule has 3 heterocycles. The van der Waals surface area contributed by atoms with Crippen LogP contribution < -0.4 is 0 Å². The number of hydrogen-bond acceptors (Lipinski definition) is 5. The molecule has 1 N–H and O–H groups in total. The molecular formula is C20H27N3O4. The number of aliphatic hydroxyl groups excluding tert-OH is 1. The Labute approximate surface area is 159 Å². The summed E-state index contributed by atoms with van der Waals surface area (Å²) in [7, 11) is 0. The van der Waals surface area contributed by atoms with Crippen LogP contribution in [0.2, 0.25) is 0 Å². The van der Waals surface area contributed by atoms with Gasteiger partial charge in [-0.1, -0.05) is 30.3 Å².